The average molecular weight is 314 g/mol. The molecule has 1 saturated heterocycles. The number of nitro benzene ring substituents is 1. The normalized spacial score (nSPS) is 18.0. The number of likely N-dealkylation sites (tertiary alicyclic amines) is 1. The van der Waals surface area contributed by atoms with Crippen molar-refractivity contribution in [2.24, 2.45) is 5.73 Å². The summed E-state index contributed by atoms with van der Waals surface area (Å²) in [5.74, 6) is 0.0500. The number of non-ortho nitro benzene ring substituents is 1. The highest BCUT2D eigenvalue weighted by molar-refractivity contribution is 5.85. The number of nitro groups is 1. The molecule has 1 unspecified atom stereocenters. The molecule has 6 nitrogen and oxygen atoms in total. The summed E-state index contributed by atoms with van der Waals surface area (Å²) in [5, 5.41) is 10.6. The van der Waals surface area contributed by atoms with Gasteiger partial charge in [-0.2, -0.15) is 0 Å². The van der Waals surface area contributed by atoms with E-state index in [4.69, 9.17) is 5.73 Å². The number of amides is 1. The lowest BCUT2D eigenvalue weighted by Crippen LogP contribution is -2.48. The van der Waals surface area contributed by atoms with Crippen LogP contribution in [0.1, 0.15) is 24.8 Å². The molecule has 0 aromatic heterocycles. The molecule has 116 valence electrons. The number of piperidine rings is 1. The molecule has 1 heterocycles. The fourth-order valence-corrected chi connectivity index (χ4v) is 2.59. The average Bonchev–Trinajstić information content (AvgIpc) is 2.47. The Labute approximate surface area is 129 Å². The lowest BCUT2D eigenvalue weighted by molar-refractivity contribution is -0.384. The van der Waals surface area contributed by atoms with Crippen molar-refractivity contribution in [3.63, 3.8) is 0 Å². The highest BCUT2D eigenvalue weighted by Gasteiger charge is 2.25. The highest BCUT2D eigenvalue weighted by atomic mass is 35.5. The minimum Gasteiger partial charge on any atom is -0.338 e. The van der Waals surface area contributed by atoms with Gasteiger partial charge in [0.1, 0.15) is 0 Å². The van der Waals surface area contributed by atoms with Crippen molar-refractivity contribution in [1.29, 1.82) is 0 Å². The van der Waals surface area contributed by atoms with Crippen LogP contribution >= 0.6 is 12.4 Å². The van der Waals surface area contributed by atoms with E-state index in [0.717, 1.165) is 31.4 Å². The Bertz CT molecular complexity index is 493. The molecule has 7 heteroatoms. The zero-order chi connectivity index (χ0) is 14.5. The number of benzene rings is 1. The van der Waals surface area contributed by atoms with Crippen molar-refractivity contribution in [3.05, 3.63) is 39.9 Å². The molecule has 0 bridgehead atoms. The second-order valence-electron chi connectivity index (χ2n) is 5.07. The first-order valence-corrected chi connectivity index (χ1v) is 6.84. The van der Waals surface area contributed by atoms with Crippen LogP contribution in [0.3, 0.4) is 0 Å². The number of carbonyl (C=O) groups is 1. The molecule has 1 aliphatic heterocycles. The van der Waals surface area contributed by atoms with Crippen molar-refractivity contribution in [3.8, 4) is 0 Å². The number of hydrogen-bond donors (Lipinski definition) is 1. The van der Waals surface area contributed by atoms with Gasteiger partial charge >= 0.3 is 0 Å². The van der Waals surface area contributed by atoms with Crippen LogP contribution in [0.25, 0.3) is 0 Å². The van der Waals surface area contributed by atoms with Gasteiger partial charge < -0.3 is 10.6 Å². The SMILES string of the molecule is Cl.NCC1CCCCN1C(=O)Cc1ccc([N+](=O)[O-])cc1. The summed E-state index contributed by atoms with van der Waals surface area (Å²) in [5.41, 5.74) is 6.54. The molecule has 1 atom stereocenters. The van der Waals surface area contributed by atoms with Crippen LogP contribution < -0.4 is 5.73 Å². The second kappa shape index (κ2) is 7.95. The summed E-state index contributed by atoms with van der Waals surface area (Å²) in [7, 11) is 0. The molecule has 1 aromatic carbocycles. The maximum atomic E-state index is 12.3. The third kappa shape index (κ3) is 4.41. The zero-order valence-corrected chi connectivity index (χ0v) is 12.6. The first-order chi connectivity index (χ1) is 9.61. The fourth-order valence-electron chi connectivity index (χ4n) is 2.59. The van der Waals surface area contributed by atoms with Crippen LogP contribution in [0.2, 0.25) is 0 Å². The number of rotatable bonds is 4. The molecule has 1 amide bonds. The van der Waals surface area contributed by atoms with Gasteiger partial charge in [0.15, 0.2) is 0 Å². The topological polar surface area (TPSA) is 89.5 Å². The maximum absolute atomic E-state index is 12.3. The van der Waals surface area contributed by atoms with E-state index in [9.17, 15) is 14.9 Å². The van der Waals surface area contributed by atoms with E-state index in [1.165, 1.54) is 12.1 Å². The molecule has 21 heavy (non-hydrogen) atoms. The fraction of sp³-hybridized carbons (Fsp3) is 0.500. The third-order valence-electron chi connectivity index (χ3n) is 3.72. The van der Waals surface area contributed by atoms with E-state index in [1.807, 2.05) is 4.90 Å². The minimum absolute atomic E-state index is 0. The molecule has 0 spiro atoms. The van der Waals surface area contributed by atoms with Crippen LogP contribution in [0.15, 0.2) is 24.3 Å². The summed E-state index contributed by atoms with van der Waals surface area (Å²) in [6.07, 6.45) is 3.36. The Balaban J connectivity index is 0.00000220. The first kappa shape index (κ1) is 17.4. The Hall–Kier alpha value is -1.66. The molecule has 2 rings (SSSR count). The van der Waals surface area contributed by atoms with Crippen molar-refractivity contribution < 1.29 is 9.72 Å². The number of carbonyl (C=O) groups excluding carboxylic acids is 1. The Morgan fingerprint density at radius 3 is 2.57 bits per heavy atom. The minimum atomic E-state index is -0.444. The third-order valence-corrected chi connectivity index (χ3v) is 3.72. The molecule has 0 aliphatic carbocycles. The van der Waals surface area contributed by atoms with E-state index in [2.05, 4.69) is 0 Å². The van der Waals surface area contributed by atoms with E-state index in [1.54, 1.807) is 12.1 Å². The van der Waals surface area contributed by atoms with Crippen LogP contribution in [0, 0.1) is 10.1 Å². The molecule has 0 saturated carbocycles. The van der Waals surface area contributed by atoms with Gasteiger partial charge in [0.05, 0.1) is 11.3 Å². The maximum Gasteiger partial charge on any atom is 0.269 e. The molecule has 1 fully saturated rings. The van der Waals surface area contributed by atoms with Gasteiger partial charge in [-0.25, -0.2) is 0 Å². The van der Waals surface area contributed by atoms with Crippen LogP contribution in [0.4, 0.5) is 5.69 Å². The summed E-state index contributed by atoms with van der Waals surface area (Å²) in [6, 6.07) is 6.27. The highest BCUT2D eigenvalue weighted by Crippen LogP contribution is 2.18. The van der Waals surface area contributed by atoms with Crippen LogP contribution in [-0.4, -0.2) is 34.9 Å². The second-order valence-corrected chi connectivity index (χ2v) is 5.07. The quantitative estimate of drug-likeness (QED) is 0.679. The summed E-state index contributed by atoms with van der Waals surface area (Å²) < 4.78 is 0. The largest absolute Gasteiger partial charge is 0.338 e. The Kier molecular flexibility index (Phi) is 6.58. The number of nitrogens with zero attached hydrogens (tertiary/aromatic N) is 2. The molecule has 0 radical (unpaired) electrons. The lowest BCUT2D eigenvalue weighted by Gasteiger charge is -2.35. The molecule has 2 N–H and O–H groups in total. The van der Waals surface area contributed by atoms with E-state index in [-0.39, 0.29) is 36.5 Å². The number of nitrogens with two attached hydrogens (primary N) is 1. The Morgan fingerprint density at radius 1 is 1.33 bits per heavy atom. The van der Waals surface area contributed by atoms with E-state index in [0.29, 0.717) is 6.54 Å². The Morgan fingerprint density at radius 2 is 2.00 bits per heavy atom. The van der Waals surface area contributed by atoms with Gasteiger partial charge in [0.25, 0.3) is 5.69 Å². The smallest absolute Gasteiger partial charge is 0.269 e. The van der Waals surface area contributed by atoms with Crippen molar-refractivity contribution in [2.45, 2.75) is 31.7 Å². The van der Waals surface area contributed by atoms with Gasteiger partial charge in [-0.3, -0.25) is 14.9 Å². The zero-order valence-electron chi connectivity index (χ0n) is 11.7. The van der Waals surface area contributed by atoms with Crippen molar-refractivity contribution in [1.82, 2.24) is 4.90 Å². The van der Waals surface area contributed by atoms with Gasteiger partial charge in [-0.05, 0) is 24.8 Å². The van der Waals surface area contributed by atoms with Crippen molar-refractivity contribution in [2.75, 3.05) is 13.1 Å². The monoisotopic (exact) mass is 313 g/mol. The standard InChI is InChI=1S/C14H19N3O3.ClH/c15-10-13-3-1-2-8-16(13)14(18)9-11-4-6-12(7-5-11)17(19)20;/h4-7,13H,1-3,8-10,15H2;1H. The van der Waals surface area contributed by atoms with E-state index >= 15 is 0 Å². The predicted molar refractivity (Wildman–Crippen MR) is 82.5 cm³/mol. The van der Waals surface area contributed by atoms with Crippen molar-refractivity contribution >= 4 is 24.0 Å². The van der Waals surface area contributed by atoms with Gasteiger partial charge in [-0.15, -0.1) is 12.4 Å². The number of hydrogen-bond acceptors (Lipinski definition) is 4. The van der Waals surface area contributed by atoms with Gasteiger partial charge in [0.2, 0.25) is 5.91 Å². The van der Waals surface area contributed by atoms with Gasteiger partial charge in [0, 0.05) is 31.3 Å². The predicted octanol–water partition coefficient (Wildman–Crippen LogP) is 1.90. The molecular weight excluding hydrogens is 294 g/mol. The molecule has 1 aromatic rings. The molecule has 1 aliphatic rings. The molecular formula is C14H20ClN3O3. The summed E-state index contributed by atoms with van der Waals surface area (Å²) >= 11 is 0. The summed E-state index contributed by atoms with van der Waals surface area (Å²) in [4.78, 5) is 24.3. The number of halogens is 1. The van der Waals surface area contributed by atoms with Crippen LogP contribution in [-0.2, 0) is 11.2 Å². The summed E-state index contributed by atoms with van der Waals surface area (Å²) in [6.45, 7) is 1.25. The van der Waals surface area contributed by atoms with Crippen LogP contribution in [0.5, 0.6) is 0 Å². The lowest BCUT2D eigenvalue weighted by atomic mass is 10.0. The van der Waals surface area contributed by atoms with Gasteiger partial charge in [-0.1, -0.05) is 12.1 Å². The van der Waals surface area contributed by atoms with E-state index < -0.39 is 4.92 Å². The first-order valence-electron chi connectivity index (χ1n) is 6.84.